The maximum absolute atomic E-state index is 13.5. The van der Waals surface area contributed by atoms with E-state index in [0.717, 1.165) is 34.8 Å². The van der Waals surface area contributed by atoms with Crippen molar-refractivity contribution in [2.75, 3.05) is 19.6 Å². The lowest BCUT2D eigenvalue weighted by molar-refractivity contribution is -0.135. The van der Waals surface area contributed by atoms with Gasteiger partial charge in [-0.05, 0) is 53.6 Å². The second-order valence-electron chi connectivity index (χ2n) is 8.48. The first-order valence-electron chi connectivity index (χ1n) is 11.3. The summed E-state index contributed by atoms with van der Waals surface area (Å²) in [5, 5.41) is 4.95. The summed E-state index contributed by atoms with van der Waals surface area (Å²) in [6, 6.07) is 15.3. The molecule has 0 unspecified atom stereocenters. The number of nitrogens with zero attached hydrogens (tertiary/aromatic N) is 3. The molecule has 0 bridgehead atoms. The molecule has 34 heavy (non-hydrogen) atoms. The number of amides is 2. The third-order valence-corrected chi connectivity index (χ3v) is 7.81. The van der Waals surface area contributed by atoms with Crippen LogP contribution in [0.1, 0.15) is 43.0 Å². The van der Waals surface area contributed by atoms with E-state index in [4.69, 9.17) is 28.2 Å². The van der Waals surface area contributed by atoms with Crippen LogP contribution in [0.15, 0.2) is 64.1 Å². The fourth-order valence-electron chi connectivity index (χ4n) is 4.63. The van der Waals surface area contributed by atoms with Gasteiger partial charge in [0.05, 0.1) is 17.5 Å². The van der Waals surface area contributed by atoms with Crippen molar-refractivity contribution in [1.82, 2.24) is 15.1 Å². The fraction of sp³-hybridized carbons (Fsp3) is 0.320. The van der Waals surface area contributed by atoms with E-state index in [1.807, 2.05) is 48.5 Å². The number of carbonyl (C=O) groups excluding carboxylic acids is 2. The highest BCUT2D eigenvalue weighted by Crippen LogP contribution is 2.53. The summed E-state index contributed by atoms with van der Waals surface area (Å²) in [6.45, 7) is 3.17. The summed E-state index contributed by atoms with van der Waals surface area (Å²) in [7, 11) is 0. The molecule has 1 fully saturated rings. The van der Waals surface area contributed by atoms with Crippen molar-refractivity contribution < 1.29 is 9.59 Å². The number of nitrogens with one attached hydrogen (secondary N) is 1. The van der Waals surface area contributed by atoms with Crippen LogP contribution >= 0.6 is 35.0 Å². The first kappa shape index (κ1) is 23.3. The number of rotatable bonds is 5. The van der Waals surface area contributed by atoms with Crippen molar-refractivity contribution in [1.29, 1.82) is 0 Å². The largest absolute Gasteiger partial charge is 0.353 e. The number of allylic oxidation sites excluding steroid dienone is 1. The number of amidine groups is 1. The van der Waals surface area contributed by atoms with Crippen LogP contribution < -0.4 is 5.32 Å². The van der Waals surface area contributed by atoms with Crippen LogP contribution in [0.3, 0.4) is 0 Å². The summed E-state index contributed by atoms with van der Waals surface area (Å²) >= 11 is 13.7. The van der Waals surface area contributed by atoms with Crippen LogP contribution in [0.5, 0.6) is 0 Å². The van der Waals surface area contributed by atoms with E-state index in [1.165, 1.54) is 11.8 Å². The van der Waals surface area contributed by atoms with Gasteiger partial charge in [0.2, 0.25) is 5.91 Å². The Morgan fingerprint density at radius 2 is 1.74 bits per heavy atom. The summed E-state index contributed by atoms with van der Waals surface area (Å²) in [6.07, 6.45) is 1.63. The van der Waals surface area contributed by atoms with Crippen LogP contribution in [-0.2, 0) is 9.59 Å². The minimum absolute atomic E-state index is 0.0861. The van der Waals surface area contributed by atoms with Gasteiger partial charge in [0.25, 0.3) is 5.91 Å². The van der Waals surface area contributed by atoms with E-state index < -0.39 is 0 Å². The Morgan fingerprint density at radius 3 is 2.35 bits per heavy atom. The van der Waals surface area contributed by atoms with E-state index in [2.05, 4.69) is 17.1 Å². The smallest absolute Gasteiger partial charge is 0.263 e. The Hall–Kier alpha value is -2.48. The first-order valence-corrected chi connectivity index (χ1v) is 12.9. The molecule has 2 aromatic carbocycles. The van der Waals surface area contributed by atoms with Crippen LogP contribution in [0.4, 0.5) is 0 Å². The number of piperazine rings is 1. The van der Waals surface area contributed by atoms with E-state index in [1.54, 1.807) is 4.90 Å². The molecule has 0 radical (unpaired) electrons. The van der Waals surface area contributed by atoms with Gasteiger partial charge in [-0.15, -0.1) is 0 Å². The van der Waals surface area contributed by atoms with Crippen LogP contribution in [0.25, 0.3) is 0 Å². The molecule has 3 aliphatic heterocycles. The van der Waals surface area contributed by atoms with Gasteiger partial charge < -0.3 is 15.1 Å². The molecule has 0 saturated carbocycles. The number of benzene rings is 2. The van der Waals surface area contributed by atoms with Gasteiger partial charge in [-0.2, -0.15) is 0 Å². The minimum atomic E-state index is -0.148. The number of hydrogen-bond donors (Lipinski definition) is 1. The predicted octanol–water partition coefficient (Wildman–Crippen LogP) is 5.16. The summed E-state index contributed by atoms with van der Waals surface area (Å²) < 4.78 is 0. The zero-order valence-electron chi connectivity index (χ0n) is 18.6. The zero-order valence-corrected chi connectivity index (χ0v) is 21.0. The van der Waals surface area contributed by atoms with Crippen molar-refractivity contribution >= 4 is 51.9 Å². The highest BCUT2D eigenvalue weighted by Gasteiger charge is 2.46. The predicted molar refractivity (Wildman–Crippen MR) is 137 cm³/mol. The summed E-state index contributed by atoms with van der Waals surface area (Å²) in [4.78, 5) is 35.0. The fourth-order valence-corrected chi connectivity index (χ4v) is 6.09. The van der Waals surface area contributed by atoms with Crippen molar-refractivity contribution in [3.63, 3.8) is 0 Å². The lowest BCUT2D eigenvalue weighted by Gasteiger charge is -2.31. The molecule has 3 aliphatic rings. The normalized spacial score (nSPS) is 22.1. The van der Waals surface area contributed by atoms with Gasteiger partial charge >= 0.3 is 0 Å². The molecule has 176 valence electrons. The maximum atomic E-state index is 13.5. The Morgan fingerprint density at radius 1 is 1.09 bits per heavy atom. The molecule has 3 heterocycles. The quantitative estimate of drug-likeness (QED) is 0.597. The number of fused-ring (bicyclic) bond motifs is 1. The molecule has 1 N–H and O–H groups in total. The van der Waals surface area contributed by atoms with Gasteiger partial charge in [-0.25, -0.2) is 0 Å². The van der Waals surface area contributed by atoms with E-state index >= 15 is 0 Å². The minimum Gasteiger partial charge on any atom is -0.353 e. The zero-order chi connectivity index (χ0) is 23.8. The monoisotopic (exact) mass is 514 g/mol. The third-order valence-electron chi connectivity index (χ3n) is 6.21. The molecule has 1 saturated heterocycles. The molecule has 9 heteroatoms. The van der Waals surface area contributed by atoms with Gasteiger partial charge in [0.1, 0.15) is 6.04 Å². The van der Waals surface area contributed by atoms with Crippen molar-refractivity contribution in [3.05, 3.63) is 80.3 Å². The Kier molecular flexibility index (Phi) is 6.60. The highest BCUT2D eigenvalue weighted by atomic mass is 35.5. The number of halogens is 2. The van der Waals surface area contributed by atoms with Crippen LogP contribution in [0.2, 0.25) is 10.0 Å². The number of thioether (sulfide) groups is 1. The van der Waals surface area contributed by atoms with Crippen LogP contribution in [0, 0.1) is 0 Å². The van der Waals surface area contributed by atoms with E-state index in [-0.39, 0.29) is 30.4 Å². The SMILES string of the molecule is CCCC1=C(C(=O)N2CCNC(=O)C2)SC2=N[C@@H](c3ccc(Cl)cc3)[C@@H](c3ccc(Cl)cc3)N21. The van der Waals surface area contributed by atoms with Crippen molar-refractivity contribution in [2.24, 2.45) is 4.99 Å². The average molecular weight is 515 g/mol. The molecular weight excluding hydrogens is 491 g/mol. The van der Waals surface area contributed by atoms with Gasteiger partial charge in [0.15, 0.2) is 5.17 Å². The molecule has 2 aromatic rings. The van der Waals surface area contributed by atoms with Crippen molar-refractivity contribution in [3.8, 4) is 0 Å². The lowest BCUT2D eigenvalue weighted by Crippen LogP contribution is -2.50. The highest BCUT2D eigenvalue weighted by molar-refractivity contribution is 8.18. The Bertz CT molecular complexity index is 1180. The second kappa shape index (κ2) is 9.64. The Labute approximate surface area is 213 Å². The average Bonchev–Trinajstić information content (AvgIpc) is 3.37. The van der Waals surface area contributed by atoms with Gasteiger partial charge in [-0.1, -0.05) is 60.8 Å². The molecule has 6 nitrogen and oxygen atoms in total. The number of aliphatic imine (C=N–C) groups is 1. The number of hydrogen-bond acceptors (Lipinski definition) is 5. The molecule has 2 atom stereocenters. The molecule has 0 aromatic heterocycles. The second-order valence-corrected chi connectivity index (χ2v) is 10.3. The van der Waals surface area contributed by atoms with E-state index in [9.17, 15) is 9.59 Å². The number of carbonyl (C=O) groups is 2. The van der Waals surface area contributed by atoms with Gasteiger partial charge in [0, 0.05) is 28.8 Å². The summed E-state index contributed by atoms with van der Waals surface area (Å²) in [5.41, 5.74) is 3.10. The van der Waals surface area contributed by atoms with Gasteiger partial charge in [-0.3, -0.25) is 14.6 Å². The third kappa shape index (κ3) is 4.32. The molecule has 0 aliphatic carbocycles. The van der Waals surface area contributed by atoms with Crippen LogP contribution in [-0.4, -0.2) is 46.4 Å². The summed E-state index contributed by atoms with van der Waals surface area (Å²) in [5.74, 6) is -0.224. The standard InChI is InChI=1S/C25H24Cl2N4O2S/c1-2-3-19-23(24(33)30-13-12-28-20(32)14-30)34-25-29-21(15-4-8-17(26)9-5-15)22(31(19)25)16-6-10-18(27)11-7-16/h4-11,21-22H,2-3,12-14H2,1H3,(H,28,32)/t21-,22+/m0/s1. The van der Waals surface area contributed by atoms with Crippen molar-refractivity contribution in [2.45, 2.75) is 31.8 Å². The first-order chi connectivity index (χ1) is 16.5. The van der Waals surface area contributed by atoms with E-state index in [0.29, 0.717) is 28.0 Å². The maximum Gasteiger partial charge on any atom is 0.263 e. The lowest BCUT2D eigenvalue weighted by atomic mass is 9.93. The Balaban J connectivity index is 1.56. The molecular formula is C25H24Cl2N4O2S. The molecule has 5 rings (SSSR count). The topological polar surface area (TPSA) is 65.0 Å². The molecule has 2 amide bonds. The molecule has 0 spiro atoms.